The van der Waals surface area contributed by atoms with Crippen molar-refractivity contribution in [3.05, 3.63) is 35.3 Å². The average Bonchev–Trinajstić information content (AvgIpc) is 2.41. The van der Waals surface area contributed by atoms with E-state index in [0.717, 1.165) is 26.1 Å². The predicted molar refractivity (Wildman–Crippen MR) is 81.3 cm³/mol. The van der Waals surface area contributed by atoms with Crippen molar-refractivity contribution in [2.45, 2.75) is 33.7 Å². The summed E-state index contributed by atoms with van der Waals surface area (Å²) in [7, 11) is 0. The molecule has 0 amide bonds. The van der Waals surface area contributed by atoms with Crippen molar-refractivity contribution in [2.24, 2.45) is 5.92 Å². The lowest BCUT2D eigenvalue weighted by atomic mass is 10.1. The molecule has 110 valence electrons. The number of nitrogens with zero attached hydrogens (tertiary/aromatic N) is 2. The predicted octanol–water partition coefficient (Wildman–Crippen LogP) is 3.12. The lowest BCUT2D eigenvalue weighted by molar-refractivity contribution is 0.531. The molecule has 0 radical (unpaired) electrons. The van der Waals surface area contributed by atoms with Crippen molar-refractivity contribution in [2.75, 3.05) is 24.5 Å². The Hall–Kier alpha value is -1.42. The van der Waals surface area contributed by atoms with Gasteiger partial charge >= 0.3 is 0 Å². The molecule has 0 unspecified atom stereocenters. The fourth-order valence-corrected chi connectivity index (χ4v) is 2.29. The highest BCUT2D eigenvalue weighted by atomic mass is 19.1. The largest absolute Gasteiger partial charge is 0.350 e. The minimum Gasteiger partial charge on any atom is -0.350 e. The zero-order chi connectivity index (χ0) is 14.5. The van der Waals surface area contributed by atoms with Crippen LogP contribution >= 0.6 is 0 Å². The number of hydrogen-bond donors (Lipinski definition) is 1. The van der Waals surface area contributed by atoms with Gasteiger partial charge in [-0.2, -0.15) is 0 Å². The van der Waals surface area contributed by atoms with E-state index in [0.29, 0.717) is 23.8 Å². The molecule has 0 saturated heterocycles. The number of halogens is 1. The minimum atomic E-state index is -0.184. The van der Waals surface area contributed by atoms with Crippen molar-refractivity contribution >= 4 is 5.82 Å². The molecule has 0 saturated carbocycles. The third-order valence-electron chi connectivity index (χ3n) is 3.55. The third-order valence-corrected chi connectivity index (χ3v) is 3.55. The van der Waals surface area contributed by atoms with Gasteiger partial charge in [-0.1, -0.05) is 25.5 Å². The van der Waals surface area contributed by atoms with Crippen molar-refractivity contribution in [1.82, 2.24) is 10.3 Å². The molecule has 1 aromatic rings. The van der Waals surface area contributed by atoms with Crippen molar-refractivity contribution in [3.63, 3.8) is 0 Å². The molecule has 0 atom stereocenters. The van der Waals surface area contributed by atoms with Crippen LogP contribution in [-0.4, -0.2) is 24.6 Å². The van der Waals surface area contributed by atoms with Gasteiger partial charge in [0.2, 0.25) is 0 Å². The molecule has 0 fully saturated rings. The zero-order valence-corrected chi connectivity index (χ0v) is 12.6. The maximum Gasteiger partial charge on any atom is 0.170 e. The van der Waals surface area contributed by atoms with E-state index in [1.54, 1.807) is 12.3 Å². The summed E-state index contributed by atoms with van der Waals surface area (Å²) in [5, 5.41) is 3.28. The Kier molecular flexibility index (Phi) is 5.12. The first-order valence-electron chi connectivity index (χ1n) is 7.32. The first-order valence-corrected chi connectivity index (χ1v) is 7.32. The van der Waals surface area contributed by atoms with Crippen LogP contribution in [0.15, 0.2) is 23.9 Å². The summed E-state index contributed by atoms with van der Waals surface area (Å²) in [6.07, 6.45) is 4.83. The molecule has 0 aliphatic carbocycles. The van der Waals surface area contributed by atoms with Crippen LogP contribution in [0.25, 0.3) is 0 Å². The number of rotatable bonds is 5. The van der Waals surface area contributed by atoms with Gasteiger partial charge in [0.25, 0.3) is 0 Å². The van der Waals surface area contributed by atoms with Crippen LogP contribution in [0.1, 0.15) is 32.8 Å². The lowest BCUT2D eigenvalue weighted by Crippen LogP contribution is -2.30. The van der Waals surface area contributed by atoms with Gasteiger partial charge in [0, 0.05) is 31.4 Å². The van der Waals surface area contributed by atoms with Gasteiger partial charge in [-0.3, -0.25) is 0 Å². The number of pyridine rings is 1. The molecule has 0 aromatic carbocycles. The van der Waals surface area contributed by atoms with Gasteiger partial charge in [0.05, 0.1) is 0 Å². The van der Waals surface area contributed by atoms with Crippen molar-refractivity contribution in [1.29, 1.82) is 0 Å². The summed E-state index contributed by atoms with van der Waals surface area (Å²) >= 11 is 0. The summed E-state index contributed by atoms with van der Waals surface area (Å²) in [4.78, 5) is 6.23. The molecule has 4 heteroatoms. The fourth-order valence-electron chi connectivity index (χ4n) is 2.29. The Balaban J connectivity index is 2.07. The number of aromatic nitrogens is 1. The second-order valence-corrected chi connectivity index (χ2v) is 5.88. The highest BCUT2D eigenvalue weighted by Crippen LogP contribution is 2.22. The fraction of sp³-hybridized carbons (Fsp3) is 0.562. The monoisotopic (exact) mass is 277 g/mol. The summed E-state index contributed by atoms with van der Waals surface area (Å²) < 4.78 is 14.5. The second kappa shape index (κ2) is 6.84. The van der Waals surface area contributed by atoms with Crippen LogP contribution in [0, 0.1) is 11.7 Å². The van der Waals surface area contributed by atoms with E-state index in [1.807, 2.05) is 4.90 Å². The van der Waals surface area contributed by atoms with Crippen molar-refractivity contribution < 1.29 is 4.39 Å². The third kappa shape index (κ3) is 3.79. The Morgan fingerprint density at radius 1 is 1.45 bits per heavy atom. The summed E-state index contributed by atoms with van der Waals surface area (Å²) in [5.74, 6) is 0.865. The molecule has 1 aromatic heterocycles. The molecule has 20 heavy (non-hydrogen) atoms. The summed E-state index contributed by atoms with van der Waals surface area (Å²) in [6.45, 7) is 9.44. The van der Waals surface area contributed by atoms with Gasteiger partial charge in [-0.05, 0) is 31.9 Å². The lowest BCUT2D eigenvalue weighted by Gasteiger charge is -2.27. The SMILES string of the molecule is CC1=CCN(c2nccc(CNCC(C)C)c2F)CC1. The van der Waals surface area contributed by atoms with Crippen LogP contribution < -0.4 is 10.2 Å². The van der Waals surface area contributed by atoms with Crippen LogP contribution in [0.4, 0.5) is 10.2 Å². The Morgan fingerprint density at radius 3 is 2.90 bits per heavy atom. The van der Waals surface area contributed by atoms with E-state index in [-0.39, 0.29) is 5.82 Å². The quantitative estimate of drug-likeness (QED) is 0.838. The van der Waals surface area contributed by atoms with E-state index < -0.39 is 0 Å². The van der Waals surface area contributed by atoms with Gasteiger partial charge in [-0.25, -0.2) is 9.37 Å². The number of nitrogens with one attached hydrogen (secondary N) is 1. The summed E-state index contributed by atoms with van der Waals surface area (Å²) in [5.41, 5.74) is 2.07. The van der Waals surface area contributed by atoms with Crippen LogP contribution in [0.3, 0.4) is 0 Å². The molecular weight excluding hydrogens is 253 g/mol. The molecule has 1 N–H and O–H groups in total. The molecule has 1 aliphatic heterocycles. The van der Waals surface area contributed by atoms with Gasteiger partial charge < -0.3 is 10.2 Å². The second-order valence-electron chi connectivity index (χ2n) is 5.88. The van der Waals surface area contributed by atoms with E-state index in [4.69, 9.17) is 0 Å². The van der Waals surface area contributed by atoms with E-state index in [9.17, 15) is 4.39 Å². The Bertz CT molecular complexity index is 483. The van der Waals surface area contributed by atoms with Crippen LogP contribution in [-0.2, 0) is 6.54 Å². The first kappa shape index (κ1) is 15.0. The first-order chi connectivity index (χ1) is 9.58. The van der Waals surface area contributed by atoms with Gasteiger partial charge in [-0.15, -0.1) is 0 Å². The molecule has 2 heterocycles. The van der Waals surface area contributed by atoms with Gasteiger partial charge in [0.15, 0.2) is 11.6 Å². The van der Waals surface area contributed by atoms with E-state index in [1.165, 1.54) is 5.57 Å². The number of hydrogen-bond acceptors (Lipinski definition) is 3. The highest BCUT2D eigenvalue weighted by molar-refractivity contribution is 5.45. The van der Waals surface area contributed by atoms with E-state index in [2.05, 4.69) is 37.1 Å². The maximum absolute atomic E-state index is 14.5. The smallest absolute Gasteiger partial charge is 0.170 e. The van der Waals surface area contributed by atoms with Crippen molar-refractivity contribution in [3.8, 4) is 0 Å². The van der Waals surface area contributed by atoms with Gasteiger partial charge in [0.1, 0.15) is 0 Å². The highest BCUT2D eigenvalue weighted by Gasteiger charge is 2.17. The molecule has 0 spiro atoms. The summed E-state index contributed by atoms with van der Waals surface area (Å²) in [6, 6.07) is 1.76. The molecule has 1 aliphatic rings. The maximum atomic E-state index is 14.5. The normalized spacial score (nSPS) is 15.7. The Labute approximate surface area is 120 Å². The average molecular weight is 277 g/mol. The number of anilines is 1. The van der Waals surface area contributed by atoms with E-state index >= 15 is 0 Å². The zero-order valence-electron chi connectivity index (χ0n) is 12.6. The van der Waals surface area contributed by atoms with Crippen LogP contribution in [0.2, 0.25) is 0 Å². The minimum absolute atomic E-state index is 0.184. The standard InChI is InChI=1S/C16H24FN3/c1-12(2)10-18-11-14-4-7-19-16(15(14)17)20-8-5-13(3)6-9-20/h4-5,7,12,18H,6,8-11H2,1-3H3. The molecule has 3 nitrogen and oxygen atoms in total. The van der Waals surface area contributed by atoms with Crippen LogP contribution in [0.5, 0.6) is 0 Å². The topological polar surface area (TPSA) is 28.2 Å². The molecule has 2 rings (SSSR count). The Morgan fingerprint density at radius 2 is 2.25 bits per heavy atom. The molecule has 0 bridgehead atoms. The molecular formula is C16H24FN3.